The molecule has 0 radical (unpaired) electrons. The third-order valence-corrected chi connectivity index (χ3v) is 11.1. The molecule has 252 valence electrons. The summed E-state index contributed by atoms with van der Waals surface area (Å²) in [5.41, 5.74) is 5.88. The van der Waals surface area contributed by atoms with Crippen LogP contribution in [0, 0.1) is 0 Å². The Morgan fingerprint density at radius 2 is 1.13 bits per heavy atom. The lowest BCUT2D eigenvalue weighted by Crippen LogP contribution is -2.02. The molecule has 0 saturated heterocycles. The Hall–Kier alpha value is -6.95. The van der Waals surface area contributed by atoms with E-state index < -0.39 is 0 Å². The van der Waals surface area contributed by atoms with Gasteiger partial charge in [-0.05, 0) is 47.1 Å². The fourth-order valence-corrected chi connectivity index (χ4v) is 8.66. The van der Waals surface area contributed by atoms with Gasteiger partial charge in [-0.3, -0.25) is 0 Å². The van der Waals surface area contributed by atoms with E-state index in [-0.39, 0.29) is 41.6 Å². The van der Waals surface area contributed by atoms with Crippen LogP contribution in [0.15, 0.2) is 182 Å². The minimum absolute atomic E-state index is 0.0610. The quantitative estimate of drug-likeness (QED) is 0.178. The monoisotopic (exact) mass is 712 g/mol. The fraction of sp³-hybridized carbons (Fsp3) is 0. The summed E-state index contributed by atoms with van der Waals surface area (Å²) in [7, 11) is 0. The maximum atomic E-state index is 9.62. The molecule has 3 aromatic heterocycles. The third-order valence-electron chi connectivity index (χ3n) is 10.0. The van der Waals surface area contributed by atoms with Gasteiger partial charge in [0.1, 0.15) is 0 Å². The highest BCUT2D eigenvalue weighted by molar-refractivity contribution is 7.26. The van der Waals surface area contributed by atoms with Gasteiger partial charge in [-0.15, -0.1) is 11.3 Å². The highest BCUT2D eigenvalue weighted by Gasteiger charge is 2.21. The van der Waals surface area contributed by atoms with Gasteiger partial charge in [-0.1, -0.05) is 145 Å². The van der Waals surface area contributed by atoms with Gasteiger partial charge < -0.3 is 4.57 Å². The summed E-state index contributed by atoms with van der Waals surface area (Å²) in [5.74, 6) is 1.40. The van der Waals surface area contributed by atoms with E-state index in [0.29, 0.717) is 48.9 Å². The van der Waals surface area contributed by atoms with Crippen molar-refractivity contribution in [2.75, 3.05) is 0 Å². The second kappa shape index (κ2) is 12.3. The van der Waals surface area contributed by atoms with Crippen LogP contribution in [0.2, 0.25) is 0 Å². The van der Waals surface area contributed by atoms with Crippen LogP contribution in [0.1, 0.15) is 8.22 Å². The molecule has 0 amide bonds. The number of fused-ring (bicyclic) bond motifs is 8. The lowest BCUT2D eigenvalue weighted by Gasteiger charge is -2.17. The Balaban J connectivity index is 1.28. The number of rotatable bonds is 5. The molecule has 11 rings (SSSR count). The van der Waals surface area contributed by atoms with E-state index in [4.69, 9.17) is 20.4 Å². The number of benzene rings is 8. The summed E-state index contributed by atoms with van der Waals surface area (Å²) < 4.78 is 57.4. The van der Waals surface area contributed by atoms with E-state index in [1.54, 1.807) is 0 Å². The minimum Gasteiger partial charge on any atom is -0.309 e. The van der Waals surface area contributed by atoms with E-state index in [9.17, 15) is 2.74 Å². The maximum absolute atomic E-state index is 9.62. The molecule has 5 heteroatoms. The standard InChI is InChI=1S/C49H30N4S/c1-3-15-32(16-4-1)47-50-48(33-17-5-2-6-18-33)52-49(51-47)34-27-28-42(40(30-34)38-23-13-22-37-36-20-10-12-25-44(36)54-46(37)38)53-41-24-11-9-21-39(41)45-35-19-8-7-14-31(35)26-29-43(45)53/h1-30H/i10D,13D,20D,22D,23D,25D. The molecule has 4 nitrogen and oxygen atoms in total. The molecular formula is C49H30N4S. The summed E-state index contributed by atoms with van der Waals surface area (Å²) >= 11 is 1.22. The van der Waals surface area contributed by atoms with Crippen LogP contribution in [-0.2, 0) is 0 Å². The Morgan fingerprint density at radius 3 is 1.91 bits per heavy atom. The van der Waals surface area contributed by atoms with E-state index in [0.717, 1.165) is 49.4 Å². The largest absolute Gasteiger partial charge is 0.309 e. The van der Waals surface area contributed by atoms with Crippen molar-refractivity contribution in [3.8, 4) is 51.0 Å². The Bertz CT molecular complexity index is 3510. The molecule has 3 heterocycles. The van der Waals surface area contributed by atoms with Gasteiger partial charge in [0, 0.05) is 58.8 Å². The number of aromatic nitrogens is 4. The molecule has 0 bridgehead atoms. The molecule has 0 aliphatic carbocycles. The molecule has 8 aromatic carbocycles. The van der Waals surface area contributed by atoms with Crippen LogP contribution in [-0.4, -0.2) is 19.5 Å². The molecule has 0 fully saturated rings. The first-order chi connectivity index (χ1) is 29.3. The molecule has 0 spiro atoms. The summed E-state index contributed by atoms with van der Waals surface area (Å²) in [6.45, 7) is 0. The molecule has 11 aromatic rings. The molecule has 0 aliphatic heterocycles. The van der Waals surface area contributed by atoms with Gasteiger partial charge in [0.15, 0.2) is 17.5 Å². The summed E-state index contributed by atoms with van der Waals surface area (Å²) in [4.78, 5) is 15.0. The Morgan fingerprint density at radius 1 is 0.463 bits per heavy atom. The van der Waals surface area contributed by atoms with Crippen molar-refractivity contribution in [1.29, 1.82) is 0 Å². The highest BCUT2D eigenvalue weighted by Crippen LogP contribution is 2.45. The van der Waals surface area contributed by atoms with Crippen molar-refractivity contribution in [2.24, 2.45) is 0 Å². The minimum atomic E-state index is -0.305. The van der Waals surface area contributed by atoms with Gasteiger partial charge in [0.05, 0.1) is 24.9 Å². The van der Waals surface area contributed by atoms with Gasteiger partial charge in [0.25, 0.3) is 0 Å². The zero-order valence-corrected chi connectivity index (χ0v) is 29.4. The molecule has 0 N–H and O–H groups in total. The summed E-state index contributed by atoms with van der Waals surface area (Å²) in [6.07, 6.45) is 0. The lowest BCUT2D eigenvalue weighted by atomic mass is 9.98. The highest BCUT2D eigenvalue weighted by atomic mass is 32.1. The number of hydrogen-bond acceptors (Lipinski definition) is 4. The molecular weight excluding hydrogens is 677 g/mol. The molecule has 0 unspecified atom stereocenters. The van der Waals surface area contributed by atoms with Crippen molar-refractivity contribution in [3.63, 3.8) is 0 Å². The maximum Gasteiger partial charge on any atom is 0.164 e. The lowest BCUT2D eigenvalue weighted by molar-refractivity contribution is 1.07. The van der Waals surface area contributed by atoms with Crippen molar-refractivity contribution in [1.82, 2.24) is 19.5 Å². The van der Waals surface area contributed by atoms with Crippen molar-refractivity contribution in [3.05, 3.63) is 182 Å². The van der Waals surface area contributed by atoms with Crippen LogP contribution < -0.4 is 0 Å². The zero-order valence-electron chi connectivity index (χ0n) is 34.6. The molecule has 0 aliphatic rings. The number of thiophene rings is 1. The van der Waals surface area contributed by atoms with Crippen LogP contribution in [0.5, 0.6) is 0 Å². The van der Waals surface area contributed by atoms with E-state index >= 15 is 0 Å². The number of para-hydroxylation sites is 1. The van der Waals surface area contributed by atoms with Crippen LogP contribution in [0.25, 0.3) is 104 Å². The van der Waals surface area contributed by atoms with Gasteiger partial charge in [-0.2, -0.15) is 0 Å². The number of nitrogens with zero attached hydrogens (tertiary/aromatic N) is 4. The Labute approximate surface area is 323 Å². The SMILES string of the molecule is [2H]c1cc([2H])c2sc3c(-c4cc(-c5nc(-c6ccccc6)nc(-c6ccccc6)n5)ccc4-n4c5ccccc5c5c6ccccc6ccc54)c([2H])c([2H])c([2H])c3c2c1[2H]. The van der Waals surface area contributed by atoms with Gasteiger partial charge in [0.2, 0.25) is 0 Å². The van der Waals surface area contributed by atoms with Gasteiger partial charge >= 0.3 is 0 Å². The summed E-state index contributed by atoms with van der Waals surface area (Å²) in [6, 6.07) is 46.7. The van der Waals surface area contributed by atoms with Crippen molar-refractivity contribution in [2.45, 2.75) is 0 Å². The smallest absolute Gasteiger partial charge is 0.164 e. The predicted molar refractivity (Wildman–Crippen MR) is 226 cm³/mol. The Kier molecular flexibility index (Phi) is 5.73. The second-order valence-electron chi connectivity index (χ2n) is 13.1. The summed E-state index contributed by atoms with van der Waals surface area (Å²) in [5, 5.41) is 4.92. The van der Waals surface area contributed by atoms with Crippen LogP contribution in [0.4, 0.5) is 0 Å². The zero-order chi connectivity index (χ0) is 40.8. The normalized spacial score (nSPS) is 13.3. The average molecular weight is 713 g/mol. The number of hydrogen-bond donors (Lipinski definition) is 0. The molecule has 54 heavy (non-hydrogen) atoms. The molecule has 0 atom stereocenters. The first-order valence-electron chi connectivity index (χ1n) is 20.6. The fourth-order valence-electron chi connectivity index (χ4n) is 7.57. The first kappa shape index (κ1) is 25.1. The first-order valence-corrected chi connectivity index (χ1v) is 18.4. The van der Waals surface area contributed by atoms with Crippen LogP contribution in [0.3, 0.4) is 0 Å². The average Bonchev–Trinajstić information content (AvgIpc) is 3.86. The van der Waals surface area contributed by atoms with Crippen LogP contribution >= 0.6 is 11.3 Å². The topological polar surface area (TPSA) is 43.6 Å². The van der Waals surface area contributed by atoms with Crippen molar-refractivity contribution >= 4 is 64.1 Å². The van der Waals surface area contributed by atoms with E-state index in [1.165, 1.54) is 17.4 Å². The predicted octanol–water partition coefficient (Wildman–Crippen LogP) is 13.2. The van der Waals surface area contributed by atoms with E-state index in [2.05, 4.69) is 41.0 Å². The second-order valence-corrected chi connectivity index (χ2v) is 14.1. The van der Waals surface area contributed by atoms with Gasteiger partial charge in [-0.25, -0.2) is 15.0 Å². The van der Waals surface area contributed by atoms with E-state index in [1.807, 2.05) is 103 Å². The van der Waals surface area contributed by atoms with Crippen molar-refractivity contribution < 1.29 is 8.22 Å². The molecule has 0 saturated carbocycles. The third kappa shape index (κ3) is 4.86.